The van der Waals surface area contributed by atoms with Crippen molar-refractivity contribution in [3.8, 4) is 21.9 Å². The van der Waals surface area contributed by atoms with Gasteiger partial charge < -0.3 is 9.52 Å². The lowest BCUT2D eigenvalue weighted by Gasteiger charge is -2.12. The van der Waals surface area contributed by atoms with Crippen LogP contribution in [-0.4, -0.2) is 14.7 Å². The fourth-order valence-electron chi connectivity index (χ4n) is 3.14. The fraction of sp³-hybridized carbons (Fsp3) is 0.0455. The number of hydrogen-bond acceptors (Lipinski definition) is 8. The highest BCUT2D eigenvalue weighted by molar-refractivity contribution is 7.98. The van der Waals surface area contributed by atoms with Crippen molar-refractivity contribution in [1.82, 2.24) is 9.55 Å². The Balaban J connectivity index is 1.65. The van der Waals surface area contributed by atoms with Crippen LogP contribution < -0.4 is 11.0 Å². The Kier molecular flexibility index (Phi) is 5.23. The summed E-state index contributed by atoms with van der Waals surface area (Å²) in [6, 6.07) is 14.5. The van der Waals surface area contributed by atoms with Crippen LogP contribution in [0.2, 0.25) is 0 Å². The zero-order valence-corrected chi connectivity index (χ0v) is 18.3. The van der Waals surface area contributed by atoms with E-state index in [2.05, 4.69) is 0 Å². The van der Waals surface area contributed by atoms with Crippen LogP contribution in [0.3, 0.4) is 0 Å². The van der Waals surface area contributed by atoms with Crippen LogP contribution in [0.15, 0.2) is 84.7 Å². The van der Waals surface area contributed by atoms with E-state index in [1.807, 2.05) is 53.2 Å². The molecule has 4 aromatic heterocycles. The third-order valence-electron chi connectivity index (χ3n) is 4.59. The second-order valence-corrected chi connectivity index (χ2v) is 9.31. The minimum atomic E-state index is -0.510. The number of hydrogen-bond donors (Lipinski definition) is 1. The first-order chi connectivity index (χ1) is 15.1. The van der Waals surface area contributed by atoms with Crippen LogP contribution in [0, 0.1) is 0 Å². The van der Waals surface area contributed by atoms with Gasteiger partial charge in [-0.2, -0.15) is 0 Å². The molecule has 0 radical (unpaired) electrons. The standard InChI is InChI=1S/C22H14N2O4S3/c25-16-9-14(28-10-17(16)26)11-31-22-23-20-19(15(12-30-20)18-7-4-8-29-18)21(27)24(22)13-5-2-1-3-6-13/h1-10,12,26H,11H2. The van der Waals surface area contributed by atoms with E-state index in [1.165, 1.54) is 29.2 Å². The fourth-order valence-corrected chi connectivity index (χ4v) is 5.85. The van der Waals surface area contributed by atoms with Crippen molar-refractivity contribution >= 4 is 44.7 Å². The minimum Gasteiger partial charge on any atom is -0.502 e. The number of thiophene rings is 2. The average Bonchev–Trinajstić information content (AvgIpc) is 3.45. The summed E-state index contributed by atoms with van der Waals surface area (Å²) in [7, 11) is 0. The monoisotopic (exact) mass is 466 g/mol. The van der Waals surface area contributed by atoms with E-state index < -0.39 is 11.2 Å². The van der Waals surface area contributed by atoms with Gasteiger partial charge >= 0.3 is 0 Å². The number of nitrogens with zero attached hydrogens (tertiary/aromatic N) is 2. The second-order valence-electron chi connectivity index (χ2n) is 6.56. The summed E-state index contributed by atoms with van der Waals surface area (Å²) in [5.41, 5.74) is 0.943. The quantitative estimate of drug-likeness (QED) is 0.286. The molecule has 0 saturated heterocycles. The van der Waals surface area contributed by atoms with Crippen molar-refractivity contribution in [2.45, 2.75) is 10.9 Å². The molecule has 0 atom stereocenters. The molecule has 0 amide bonds. The molecule has 0 unspecified atom stereocenters. The topological polar surface area (TPSA) is 85.3 Å². The molecule has 0 saturated carbocycles. The predicted octanol–water partition coefficient (Wildman–Crippen LogP) is 5.13. The lowest BCUT2D eigenvalue weighted by molar-refractivity contribution is 0.419. The molecule has 0 bridgehead atoms. The number of fused-ring (bicyclic) bond motifs is 1. The van der Waals surface area contributed by atoms with E-state index in [0.29, 0.717) is 26.8 Å². The van der Waals surface area contributed by atoms with Gasteiger partial charge in [-0.05, 0) is 23.6 Å². The summed E-state index contributed by atoms with van der Waals surface area (Å²) < 4.78 is 6.89. The highest BCUT2D eigenvalue weighted by Gasteiger charge is 2.19. The van der Waals surface area contributed by atoms with Gasteiger partial charge in [0, 0.05) is 21.9 Å². The molecule has 0 fully saturated rings. The molecule has 0 aliphatic carbocycles. The van der Waals surface area contributed by atoms with E-state index in [9.17, 15) is 14.7 Å². The molecule has 9 heteroatoms. The molecular weight excluding hydrogens is 452 g/mol. The molecule has 0 aliphatic rings. The summed E-state index contributed by atoms with van der Waals surface area (Å²) in [5, 5.41) is 14.4. The molecule has 4 heterocycles. The minimum absolute atomic E-state index is 0.143. The number of para-hydroxylation sites is 1. The maximum atomic E-state index is 13.7. The first-order valence-electron chi connectivity index (χ1n) is 9.19. The van der Waals surface area contributed by atoms with Gasteiger partial charge in [-0.3, -0.25) is 14.2 Å². The summed E-state index contributed by atoms with van der Waals surface area (Å²) in [5.74, 6) is 0.227. The third kappa shape index (κ3) is 3.71. The van der Waals surface area contributed by atoms with Crippen LogP contribution in [-0.2, 0) is 5.75 Å². The van der Waals surface area contributed by atoms with Crippen LogP contribution in [0.25, 0.3) is 26.3 Å². The number of rotatable bonds is 5. The maximum absolute atomic E-state index is 13.7. The molecule has 5 rings (SSSR count). The Morgan fingerprint density at radius 1 is 1.10 bits per heavy atom. The van der Waals surface area contributed by atoms with E-state index in [-0.39, 0.29) is 11.3 Å². The molecule has 1 aromatic carbocycles. The molecule has 5 aromatic rings. The first kappa shape index (κ1) is 19.8. The van der Waals surface area contributed by atoms with Crippen molar-refractivity contribution in [2.75, 3.05) is 0 Å². The van der Waals surface area contributed by atoms with E-state index in [4.69, 9.17) is 9.40 Å². The molecule has 0 aliphatic heterocycles. The van der Waals surface area contributed by atoms with Gasteiger partial charge in [0.05, 0.1) is 16.8 Å². The van der Waals surface area contributed by atoms with Crippen molar-refractivity contribution in [3.63, 3.8) is 0 Å². The molecular formula is C22H14N2O4S3. The van der Waals surface area contributed by atoms with Crippen molar-refractivity contribution in [3.05, 3.63) is 91.9 Å². The lowest BCUT2D eigenvalue weighted by atomic mass is 10.2. The van der Waals surface area contributed by atoms with Crippen LogP contribution in [0.4, 0.5) is 0 Å². The number of benzene rings is 1. The van der Waals surface area contributed by atoms with Crippen molar-refractivity contribution in [1.29, 1.82) is 0 Å². The predicted molar refractivity (Wildman–Crippen MR) is 125 cm³/mol. The Morgan fingerprint density at radius 3 is 2.68 bits per heavy atom. The van der Waals surface area contributed by atoms with Gasteiger partial charge in [-0.15, -0.1) is 22.7 Å². The van der Waals surface area contributed by atoms with Crippen LogP contribution in [0.1, 0.15) is 5.76 Å². The van der Waals surface area contributed by atoms with Crippen molar-refractivity contribution < 1.29 is 9.52 Å². The largest absolute Gasteiger partial charge is 0.502 e. The molecule has 154 valence electrons. The Morgan fingerprint density at radius 2 is 1.94 bits per heavy atom. The van der Waals surface area contributed by atoms with E-state index >= 15 is 0 Å². The van der Waals surface area contributed by atoms with Gasteiger partial charge in [0.2, 0.25) is 5.43 Å². The maximum Gasteiger partial charge on any atom is 0.268 e. The molecule has 31 heavy (non-hydrogen) atoms. The van der Waals surface area contributed by atoms with Crippen LogP contribution >= 0.6 is 34.4 Å². The third-order valence-corrected chi connectivity index (χ3v) is 7.32. The summed E-state index contributed by atoms with van der Waals surface area (Å²) in [6.07, 6.45) is 1.02. The second kappa shape index (κ2) is 8.18. The summed E-state index contributed by atoms with van der Waals surface area (Å²) in [4.78, 5) is 31.8. The lowest BCUT2D eigenvalue weighted by Crippen LogP contribution is -2.21. The molecule has 6 nitrogen and oxygen atoms in total. The Bertz CT molecular complexity index is 1490. The average molecular weight is 467 g/mol. The highest BCUT2D eigenvalue weighted by atomic mass is 32.2. The smallest absolute Gasteiger partial charge is 0.268 e. The Hall–Kier alpha value is -3.14. The Labute approximate surface area is 188 Å². The zero-order chi connectivity index (χ0) is 21.4. The summed E-state index contributed by atoms with van der Waals surface area (Å²) >= 11 is 4.31. The van der Waals surface area contributed by atoms with Crippen molar-refractivity contribution in [2.24, 2.45) is 0 Å². The number of thioether (sulfide) groups is 1. The highest BCUT2D eigenvalue weighted by Crippen LogP contribution is 2.35. The van der Waals surface area contributed by atoms with E-state index in [0.717, 1.165) is 16.7 Å². The van der Waals surface area contributed by atoms with Gasteiger partial charge in [0.15, 0.2) is 10.9 Å². The first-order valence-corrected chi connectivity index (χ1v) is 11.9. The van der Waals surface area contributed by atoms with E-state index in [1.54, 1.807) is 15.9 Å². The molecule has 1 N–H and O–H groups in total. The zero-order valence-electron chi connectivity index (χ0n) is 15.8. The van der Waals surface area contributed by atoms with Gasteiger partial charge in [0.25, 0.3) is 5.56 Å². The van der Waals surface area contributed by atoms with Gasteiger partial charge in [-0.25, -0.2) is 4.98 Å². The summed E-state index contributed by atoms with van der Waals surface area (Å²) in [6.45, 7) is 0. The van der Waals surface area contributed by atoms with Gasteiger partial charge in [0.1, 0.15) is 16.9 Å². The number of aromatic nitrogens is 2. The van der Waals surface area contributed by atoms with Gasteiger partial charge in [-0.1, -0.05) is 36.0 Å². The normalized spacial score (nSPS) is 11.2. The number of aromatic hydroxyl groups is 1. The van der Waals surface area contributed by atoms with Crippen LogP contribution in [0.5, 0.6) is 5.75 Å². The molecule has 0 spiro atoms. The SMILES string of the molecule is O=c1cc(CSc2nc3scc(-c4cccs4)c3c(=O)n2-c2ccccc2)occ1O.